The van der Waals surface area contributed by atoms with E-state index in [-0.39, 0.29) is 63.3 Å². The second-order valence-electron chi connectivity index (χ2n) is 28.1. The molecule has 0 aromatic rings. The molecule has 838 valence electrons. The molecule has 0 radical (unpaired) electrons. The number of nitrogens with one attached hydrogen (secondary N) is 2. The molecular weight excluding hydrogens is 2550 g/mol. The topological polar surface area (TPSA) is 358 Å². The molecule has 34 nitrogen and oxygen atoms in total. The Bertz CT molecular complexity index is 5680. The fraction of sp³-hybridized carbons (Fsp3) is 1.00. The van der Waals surface area contributed by atoms with Crippen LogP contribution in [0.15, 0.2) is 108 Å². The van der Waals surface area contributed by atoms with E-state index in [9.17, 15) is 180 Å². The largest absolute Gasteiger partial charge is 0.653 e. The zero-order valence-corrected chi connectivity index (χ0v) is 96.5. The fourth-order valence-corrected chi connectivity index (χ4v) is 62.5. The van der Waals surface area contributed by atoms with Gasteiger partial charge in [0.1, 0.15) is 6.73 Å². The van der Waals surface area contributed by atoms with Crippen LogP contribution in [-0.2, 0) is 9.47 Å². The van der Waals surface area contributed by atoms with Crippen LogP contribution in [0.5, 0.6) is 0 Å². The van der Waals surface area contributed by atoms with Crippen molar-refractivity contribution >= 4 is 202 Å². The summed E-state index contributed by atoms with van der Waals surface area (Å²) in [4.78, 5) is 2.21. The smallest absolute Gasteiger partial charge is 0.383 e. The standard InChI is InChI=1S/C12H26F5N4P3.C7H16F5N4P3.C5H12F5N4P3.C4H10F5N4OP3.C3H8F5N4OP3.C3H10F5N4P4.C3H6F5N4P3.F8HN4P4/c1-3-5-7-9-11-21(12-10-8-6-4-2)24(17)19-22(13,14)18-23(15,16)20-24;1-3-4-5-6-7-16(2)19(12)14-17(8,9)13-18(10,11)15-19;1-3-5-14(4-2)17(10)12-15(6,7)11-16(8,9)13-17;1-13(3-4-14-2)17(9)11-15(5,6)10-16(7,8)12-17;1-12(3-13-2)16(8)10-14(4,5)9-15(6,7)11-16;1-13(2,3)9-16(8)11-14(4,5)10-15(6,7)12-16;1-3-2-12(3)15(8)10-13(4,5)9-14(6,7)11-15;1-13(2,3)9-16(8)11-14(4,5)10-15(6,7)12-16/h3-12H2,1-2H3;3-7H2,1-2H3;3-5H2,1-2H3;3-4H2,1-2H3;3H2,1-2H3;9H,1-3H3;3H,2H2,1H3;9H/q;;;;;+1;;+1. The molecule has 0 amide bonds. The molecule has 0 aromatic heterocycles. The van der Waals surface area contributed by atoms with E-state index >= 15 is 0 Å². The molecule has 0 bridgehead atoms. The van der Waals surface area contributed by atoms with Gasteiger partial charge in [-0.3, -0.25) is 0 Å². The van der Waals surface area contributed by atoms with Gasteiger partial charge in [0.05, 0.1) is 34.0 Å². The Labute approximate surface area is 780 Å². The number of nitrogens with zero attached hydrogens (tertiary/aromatic N) is 30. The third-order valence-electron chi connectivity index (χ3n) is 14.8. The van der Waals surface area contributed by atoms with Gasteiger partial charge >= 0.3 is 195 Å². The zero-order chi connectivity index (χ0) is 109. The third kappa shape index (κ3) is 51.8. The molecule has 9 heterocycles. The van der Waals surface area contributed by atoms with E-state index in [1.807, 2.05) is 47.9 Å². The lowest BCUT2D eigenvalue weighted by Crippen LogP contribution is -2.21. The zero-order valence-electron chi connectivity index (χ0n) is 73.2. The first-order valence-electron chi connectivity index (χ1n) is 37.3. The maximum absolute atomic E-state index is 15.0. The number of hydrogen-bond acceptors (Lipinski definition) is 34. The Morgan fingerprint density at radius 2 is 0.536 bits per heavy atom. The van der Waals surface area contributed by atoms with Crippen LogP contribution in [0.1, 0.15) is 125 Å². The van der Waals surface area contributed by atoms with Crippen molar-refractivity contribution < 1.29 is 190 Å². The summed E-state index contributed by atoms with van der Waals surface area (Å²) in [5.74, 6) is 0. The highest BCUT2D eigenvalue weighted by Crippen LogP contribution is 2.91. The van der Waals surface area contributed by atoms with Crippen molar-refractivity contribution in [2.24, 2.45) is 108 Å². The molecule has 1 saturated heterocycles. The predicted molar refractivity (Wildman–Crippen MR) is 494 cm³/mol. The Morgan fingerprint density at radius 1 is 0.279 bits per heavy atom. The van der Waals surface area contributed by atoms with Crippen LogP contribution in [0.4, 0.5) is 180 Å². The van der Waals surface area contributed by atoms with Crippen LogP contribution < -0.4 is 9.72 Å². The van der Waals surface area contributed by atoms with Crippen molar-refractivity contribution in [3.05, 3.63) is 0 Å². The summed E-state index contributed by atoms with van der Waals surface area (Å²) in [7, 11) is -132. The molecule has 10 unspecified atom stereocenters. The molecule has 10 atom stereocenters. The van der Waals surface area contributed by atoms with Crippen molar-refractivity contribution in [1.29, 1.82) is 0 Å². The highest BCUT2D eigenvalue weighted by atomic mass is 31.3. The number of ether oxygens (including phenoxy) is 2. The first-order chi connectivity index (χ1) is 62.4. The monoisotopic (exact) mass is 2640 g/mol. The predicted octanol–water partition coefficient (Wildman–Crippen LogP) is 51.6. The first-order valence-corrected chi connectivity index (χ1v) is 78.0. The van der Waals surface area contributed by atoms with Crippen LogP contribution in [0.2, 0.25) is 0 Å². The molecular formula is C37H89F43N32O2P26+2. The molecule has 0 aromatic carbocycles. The van der Waals surface area contributed by atoms with Crippen LogP contribution in [0, 0.1) is 0 Å². The Kier molecular flexibility index (Phi) is 53.0. The average molecular weight is 2640 g/mol. The minimum atomic E-state index is -6.60. The van der Waals surface area contributed by atoms with Gasteiger partial charge in [0, 0.05) is 78.7 Å². The van der Waals surface area contributed by atoms with E-state index in [4.69, 9.17) is 0 Å². The summed E-state index contributed by atoms with van der Waals surface area (Å²) in [6.07, 6.45) is 10.1. The van der Waals surface area contributed by atoms with E-state index in [0.29, 0.717) is 35.0 Å². The van der Waals surface area contributed by atoms with Gasteiger partial charge in [-0.05, 0) is 58.6 Å². The summed E-state index contributed by atoms with van der Waals surface area (Å²) >= 11 is 0. The van der Waals surface area contributed by atoms with Crippen molar-refractivity contribution in [3.8, 4) is 0 Å². The Hall–Kier alpha value is 2.97. The number of rotatable bonds is 33. The summed E-state index contributed by atoms with van der Waals surface area (Å²) in [5.41, 5.74) is 0. The molecule has 0 saturated carbocycles. The van der Waals surface area contributed by atoms with Crippen molar-refractivity contribution in [2.45, 2.75) is 131 Å². The van der Waals surface area contributed by atoms with Gasteiger partial charge < -0.3 is 9.47 Å². The van der Waals surface area contributed by atoms with Crippen LogP contribution >= 0.6 is 202 Å². The van der Waals surface area contributed by atoms with Crippen molar-refractivity contribution in [3.63, 3.8) is 0 Å². The highest BCUT2D eigenvalue weighted by molar-refractivity contribution is 7.87. The van der Waals surface area contributed by atoms with Gasteiger partial charge in [-0.1, -0.05) is 92.4 Å². The minimum Gasteiger partial charge on any atom is -0.383 e. The Morgan fingerprint density at radius 3 is 0.800 bits per heavy atom. The number of hydrogen-bond donors (Lipinski definition) is 2. The quantitative estimate of drug-likeness (QED) is 0.0206. The third-order valence-corrected chi connectivity index (χ3v) is 69.0. The molecule has 103 heteroatoms. The molecule has 9 rings (SSSR count). The summed E-state index contributed by atoms with van der Waals surface area (Å²) < 4.78 is 628. The SMILES string of the molecule is CC1CN1P1(F)=NP(F)(F)=NP(F)(F)=N1.CCCCCCN(C)P1(F)=NP(F)(F)=NP(F)(F)=N1.CCCCCCN(CCCCCC)P1(F)=NP(F)(F)=NP(F)(F)=N1.CCCN(CC)P1(F)=NP(F)(F)=NP(F)(F)=N1.COCCN(C)P1(F)=NP(F)(F)=NP(F)(F)=N1.COCN(C)P1(F)=NP(F)(F)=NP(F)(F)=N1.C[P+](C)(C)NP1(F)=NP(F)(F)=NP(F)(F)=N1.FP1(F)=NP(F)(F)=NP(F)(N[P+](F)(F)F)=N1. The van der Waals surface area contributed by atoms with E-state index in [1.165, 1.54) is 21.0 Å². The lowest BCUT2D eigenvalue weighted by Gasteiger charge is -2.28. The van der Waals surface area contributed by atoms with E-state index < -0.39 is 209 Å². The van der Waals surface area contributed by atoms with Crippen molar-refractivity contribution in [2.75, 3.05) is 115 Å². The number of halogens is 43. The molecule has 9 aliphatic rings. The van der Waals surface area contributed by atoms with Gasteiger partial charge in [-0.25, -0.2) is 28.0 Å². The molecule has 0 aliphatic carbocycles. The maximum atomic E-state index is 15.0. The van der Waals surface area contributed by atoms with Gasteiger partial charge in [-0.2, -0.15) is 33.6 Å². The lowest BCUT2D eigenvalue weighted by atomic mass is 10.2. The summed E-state index contributed by atoms with van der Waals surface area (Å²) in [6.45, 7) is 15.3. The van der Waals surface area contributed by atoms with Crippen LogP contribution in [-0.4, -0.2) is 149 Å². The number of methoxy groups -OCH3 is 2. The highest BCUT2D eigenvalue weighted by Gasteiger charge is 2.56. The average Bonchev–Trinajstić information content (AvgIpc) is 1.59. The van der Waals surface area contributed by atoms with E-state index in [0.717, 1.165) is 105 Å². The molecule has 9 aliphatic heterocycles. The number of likely N-dealkylation sites (N-methyl/N-ethyl adjacent to an activating group) is 1. The maximum Gasteiger partial charge on any atom is 0.653 e. The first kappa shape index (κ1) is 139. The van der Waals surface area contributed by atoms with Crippen molar-refractivity contribution in [1.82, 2.24) is 37.7 Å². The van der Waals surface area contributed by atoms with Crippen LogP contribution in [0.25, 0.3) is 0 Å². The lowest BCUT2D eigenvalue weighted by molar-refractivity contribution is 0.130. The van der Waals surface area contributed by atoms with E-state index in [2.05, 4.69) is 82.1 Å². The second-order valence-corrected chi connectivity index (χ2v) is 78.1. The molecule has 0 spiro atoms. The summed E-state index contributed by atoms with van der Waals surface area (Å²) in [6, 6.07) is -0.353. The summed E-state index contributed by atoms with van der Waals surface area (Å²) in [5, 5.41) is 0. The fourth-order valence-electron chi connectivity index (χ4n) is 9.64. The molecule has 2 N–H and O–H groups in total. The minimum absolute atomic E-state index is 0.00160. The van der Waals surface area contributed by atoms with Gasteiger partial charge in [-0.15, -0.1) is 248 Å². The second kappa shape index (κ2) is 53.3. The van der Waals surface area contributed by atoms with Crippen LogP contribution in [0.3, 0.4) is 0 Å². The molecule has 1 fully saturated rings. The number of unbranched alkanes of at least 4 members (excludes halogenated alkanes) is 9. The van der Waals surface area contributed by atoms with Gasteiger partial charge in [0.15, 0.2) is 0 Å². The Balaban J connectivity index is 0.000000543. The van der Waals surface area contributed by atoms with Gasteiger partial charge in [0.2, 0.25) is 0 Å². The van der Waals surface area contributed by atoms with E-state index in [1.54, 1.807) is 40.5 Å². The van der Waals surface area contributed by atoms with Gasteiger partial charge in [0.25, 0.3) is 0 Å². The molecule has 140 heavy (non-hydrogen) atoms. The normalized spacial score (nSPS) is 31.4.